The Balaban J connectivity index is 0.773. The number of hydrogen-bond acceptors (Lipinski definition) is 4. The van der Waals surface area contributed by atoms with Gasteiger partial charge in [0.15, 0.2) is 0 Å². The third-order valence-corrected chi connectivity index (χ3v) is 22.8. The number of benzene rings is 14. The van der Waals surface area contributed by atoms with Crippen molar-refractivity contribution in [3.63, 3.8) is 0 Å². The first-order valence-corrected chi connectivity index (χ1v) is 34.7. The summed E-state index contributed by atoms with van der Waals surface area (Å²) in [7, 11) is 0. The summed E-state index contributed by atoms with van der Waals surface area (Å²) in [6.07, 6.45) is 10.8. The fourth-order valence-corrected chi connectivity index (χ4v) is 18.1. The van der Waals surface area contributed by atoms with E-state index in [1.54, 1.807) is 0 Å². The van der Waals surface area contributed by atoms with Crippen molar-refractivity contribution in [3.05, 3.63) is 288 Å². The minimum atomic E-state index is -0.588. The fraction of sp³-hybridized carbons (Fsp3) is 0.149. The predicted molar refractivity (Wildman–Crippen MR) is 409 cm³/mol. The van der Waals surface area contributed by atoms with E-state index < -0.39 is 5.41 Å². The van der Waals surface area contributed by atoms with E-state index in [4.69, 9.17) is 4.74 Å². The molecule has 0 N–H and O–H groups in total. The van der Waals surface area contributed by atoms with Crippen molar-refractivity contribution in [2.75, 3.05) is 18.0 Å². The molecule has 0 aromatic heterocycles. The molecule has 19 rings (SSSR count). The fourth-order valence-electron chi connectivity index (χ4n) is 18.1. The Morgan fingerprint density at radius 1 is 0.429 bits per heavy atom. The summed E-state index contributed by atoms with van der Waals surface area (Å²) < 4.78 is 7.01. The number of nitriles is 2. The second-order valence-electron chi connectivity index (χ2n) is 29.9. The van der Waals surface area contributed by atoms with Crippen LogP contribution < -0.4 is 4.90 Å². The van der Waals surface area contributed by atoms with Gasteiger partial charge in [-0.2, -0.15) is 10.5 Å². The highest BCUT2D eigenvalue weighted by Gasteiger charge is 2.41. The zero-order valence-corrected chi connectivity index (χ0v) is 56.0. The van der Waals surface area contributed by atoms with Crippen molar-refractivity contribution >= 4 is 76.4 Å². The zero-order valence-electron chi connectivity index (χ0n) is 56.0. The van der Waals surface area contributed by atoms with E-state index in [1.165, 1.54) is 165 Å². The van der Waals surface area contributed by atoms with Crippen molar-refractivity contribution in [1.82, 2.24) is 0 Å². The number of ether oxygens (including phenoxy) is 1. The summed E-state index contributed by atoms with van der Waals surface area (Å²) in [5, 5.41) is 36.0. The highest BCUT2D eigenvalue weighted by Crippen LogP contribution is 2.63. The summed E-state index contributed by atoms with van der Waals surface area (Å²) in [4.78, 5) is 2.60. The Kier molecular flexibility index (Phi) is 12.5. The lowest BCUT2D eigenvalue weighted by molar-refractivity contribution is 0.209. The van der Waals surface area contributed by atoms with Gasteiger partial charge >= 0.3 is 0 Å². The van der Waals surface area contributed by atoms with E-state index >= 15 is 0 Å². The number of nitrogens with zero attached hydrogens (tertiary/aromatic N) is 3. The molecule has 466 valence electrons. The molecule has 3 heterocycles. The molecule has 5 aliphatic rings. The number of rotatable bonds is 9. The van der Waals surface area contributed by atoms with Gasteiger partial charge in [0.05, 0.1) is 0 Å². The van der Waals surface area contributed by atoms with Crippen LogP contribution in [-0.2, 0) is 22.0 Å². The maximum absolute atomic E-state index is 10.4. The molecule has 0 unspecified atom stereocenters. The summed E-state index contributed by atoms with van der Waals surface area (Å²) >= 11 is 0. The molecule has 14 aromatic rings. The molecule has 0 spiro atoms. The van der Waals surface area contributed by atoms with Crippen LogP contribution in [0.15, 0.2) is 265 Å². The zero-order chi connectivity index (χ0) is 66.1. The Labute approximate surface area is 572 Å². The minimum Gasteiger partial charge on any atom is -0.461 e. The molecule has 0 radical (unpaired) electrons. The van der Waals surface area contributed by atoms with Gasteiger partial charge in [-0.1, -0.05) is 260 Å². The maximum atomic E-state index is 10.4. The molecule has 14 aromatic carbocycles. The van der Waals surface area contributed by atoms with Crippen LogP contribution in [-0.4, -0.2) is 13.1 Å². The Morgan fingerprint density at radius 2 is 0.816 bits per heavy atom. The number of anilines is 1. The van der Waals surface area contributed by atoms with Crippen molar-refractivity contribution in [1.29, 1.82) is 10.5 Å². The average molecular weight is 1260 g/mol. The molecule has 0 amide bonds. The van der Waals surface area contributed by atoms with E-state index in [-0.39, 0.29) is 16.4 Å². The molecule has 98 heavy (non-hydrogen) atoms. The van der Waals surface area contributed by atoms with Gasteiger partial charge in [0.2, 0.25) is 0 Å². The Hall–Kier alpha value is -11.6. The summed E-state index contributed by atoms with van der Waals surface area (Å²) in [6.45, 7) is 16.1. The van der Waals surface area contributed by atoms with E-state index in [0.29, 0.717) is 23.5 Å². The first-order valence-electron chi connectivity index (χ1n) is 34.7. The van der Waals surface area contributed by atoms with E-state index in [0.717, 1.165) is 42.6 Å². The molecular formula is C94H69N3O. The molecule has 0 atom stereocenters. The largest absolute Gasteiger partial charge is 0.461 e. The molecule has 4 nitrogen and oxygen atoms in total. The lowest BCUT2D eigenvalue weighted by Crippen LogP contribution is -2.44. The Bertz CT molecular complexity index is 5870. The third-order valence-electron chi connectivity index (χ3n) is 22.8. The lowest BCUT2D eigenvalue weighted by Gasteiger charge is -2.48. The van der Waals surface area contributed by atoms with Gasteiger partial charge in [-0.3, -0.25) is 0 Å². The van der Waals surface area contributed by atoms with Gasteiger partial charge < -0.3 is 9.64 Å². The number of fused-ring (bicyclic) bond motifs is 10. The van der Waals surface area contributed by atoms with Gasteiger partial charge in [0.1, 0.15) is 29.2 Å². The monoisotopic (exact) mass is 1260 g/mol. The molecule has 3 aliphatic heterocycles. The number of hydrogen-bond donors (Lipinski definition) is 0. The van der Waals surface area contributed by atoms with E-state index in [2.05, 4.69) is 289 Å². The second kappa shape index (κ2) is 21.2. The third kappa shape index (κ3) is 8.41. The van der Waals surface area contributed by atoms with Gasteiger partial charge in [0.25, 0.3) is 0 Å². The normalized spacial score (nSPS) is 15.4. The highest BCUT2D eigenvalue weighted by molar-refractivity contribution is 6.42. The molecule has 0 saturated carbocycles. The molecule has 0 bridgehead atoms. The lowest BCUT2D eigenvalue weighted by atomic mass is 9.69. The standard InChI is InChI=1S/C94H69N3O/c1-92(2)43-45-97-46-44-93(3,4)77-49-55(48-76(92)91(77)97)31-33-63-50-61(62(53-95)54-96)51-78(98-63)94(5,6)52-56-32-34-70-75(47-56)82(60-27-17-10-18-28-60)90-74-42-38-69-67-36-40-72-85-71(39-35-66(83(67)85)68-37-41-73(86(74)84(68)69)89(90)81(70)59-25-15-9-16-26-59)87-79(57-21-11-7-12-22-57)64-29-19-20-30-65(64)80(88(72)87)58-23-13-8-14-24-58/h7-42,47-51H,43-46,52H2,1-6H3/b33-31+. The van der Waals surface area contributed by atoms with Crippen molar-refractivity contribution in [3.8, 4) is 101 Å². The summed E-state index contributed by atoms with van der Waals surface area (Å²) in [5.74, 6) is 1.29. The summed E-state index contributed by atoms with van der Waals surface area (Å²) in [5.41, 5.74) is 26.6. The first-order chi connectivity index (χ1) is 47.8. The highest BCUT2D eigenvalue weighted by atomic mass is 16.5. The minimum absolute atomic E-state index is 0.0382. The quantitative estimate of drug-likeness (QED) is 0.0821. The van der Waals surface area contributed by atoms with E-state index in [1.807, 2.05) is 18.2 Å². The molecule has 0 saturated heterocycles. The predicted octanol–water partition coefficient (Wildman–Crippen LogP) is 24.6. The van der Waals surface area contributed by atoms with Crippen LogP contribution in [0.25, 0.3) is 160 Å². The van der Waals surface area contributed by atoms with Gasteiger partial charge in [-0.25, -0.2) is 0 Å². The smallest absolute Gasteiger partial charge is 0.137 e. The van der Waals surface area contributed by atoms with Gasteiger partial charge in [-0.15, -0.1) is 0 Å². The van der Waals surface area contributed by atoms with Crippen LogP contribution in [0.4, 0.5) is 5.69 Å². The van der Waals surface area contributed by atoms with E-state index in [9.17, 15) is 10.5 Å². The summed E-state index contributed by atoms with van der Waals surface area (Å²) in [6, 6.07) is 89.0. The Morgan fingerprint density at radius 3 is 1.23 bits per heavy atom. The second-order valence-corrected chi connectivity index (χ2v) is 29.9. The van der Waals surface area contributed by atoms with Gasteiger partial charge in [0, 0.05) is 29.8 Å². The van der Waals surface area contributed by atoms with Crippen LogP contribution in [0.5, 0.6) is 0 Å². The van der Waals surface area contributed by atoms with Crippen LogP contribution in [0.1, 0.15) is 76.6 Å². The van der Waals surface area contributed by atoms with Crippen molar-refractivity contribution in [2.45, 2.75) is 71.6 Å². The van der Waals surface area contributed by atoms with Gasteiger partial charge in [-0.05, 0) is 236 Å². The molecular weight excluding hydrogens is 1190 g/mol. The van der Waals surface area contributed by atoms with Crippen LogP contribution >= 0.6 is 0 Å². The molecule has 0 fully saturated rings. The topological polar surface area (TPSA) is 60.0 Å². The maximum Gasteiger partial charge on any atom is 0.137 e. The first kappa shape index (κ1) is 57.9. The number of allylic oxidation sites excluding steroid dienone is 6. The van der Waals surface area contributed by atoms with Crippen molar-refractivity contribution < 1.29 is 4.74 Å². The molecule has 4 heteroatoms. The average Bonchev–Trinajstić information content (AvgIpc) is 1.50. The van der Waals surface area contributed by atoms with Crippen LogP contribution in [0.3, 0.4) is 0 Å². The van der Waals surface area contributed by atoms with Crippen molar-refractivity contribution in [2.24, 2.45) is 5.41 Å². The SMILES string of the molecule is CC(C)(Cc1ccc2c(-c3ccccc3)c3c(c(-c4ccccc4)c2c1)-c1ccc2c4ccc5c6c(ccc(c7ccc-3c1c72)c64)-c1c-5c(-c2ccccc2)c2ccccc2c1-c1ccccc1)C1=CC(=C(C#N)C#N)C=C(/C=C/c2cc3c4c(c2)C(C)(C)CCN4CCC3(C)C)O1. The molecule has 2 aliphatic carbocycles. The van der Waals surface area contributed by atoms with Crippen LogP contribution in [0.2, 0.25) is 0 Å². The van der Waals surface area contributed by atoms with Crippen LogP contribution in [0, 0.1) is 28.1 Å².